The zero-order valence-electron chi connectivity index (χ0n) is 11.4. The number of hydrogen-bond acceptors (Lipinski definition) is 3. The summed E-state index contributed by atoms with van der Waals surface area (Å²) in [5, 5.41) is 3.39. The van der Waals surface area contributed by atoms with E-state index in [0.29, 0.717) is 12.3 Å². The molecule has 0 saturated carbocycles. The average Bonchev–Trinajstić information content (AvgIpc) is 2.48. The highest BCUT2D eigenvalue weighted by molar-refractivity contribution is 6.30. The Balaban J connectivity index is 2.47. The molecule has 1 atom stereocenters. The minimum Gasteiger partial charge on any atom is -0.495 e. The fraction of sp³-hybridized carbons (Fsp3) is 0.267. The average molecular weight is 295 g/mol. The molecule has 2 aromatic rings. The molecular formula is C15H16ClFN2O. The minimum atomic E-state index is -0.443. The summed E-state index contributed by atoms with van der Waals surface area (Å²) in [5.41, 5.74) is 1.48. The number of nitrogens with zero attached hydrogens (tertiary/aromatic N) is 1. The van der Waals surface area contributed by atoms with Crippen LogP contribution in [0.2, 0.25) is 5.02 Å². The van der Waals surface area contributed by atoms with E-state index in [0.717, 1.165) is 11.3 Å². The van der Waals surface area contributed by atoms with Crippen LogP contribution in [-0.4, -0.2) is 18.6 Å². The lowest BCUT2D eigenvalue weighted by atomic mass is 10.0. The van der Waals surface area contributed by atoms with E-state index in [1.165, 1.54) is 6.07 Å². The van der Waals surface area contributed by atoms with Crippen molar-refractivity contribution in [3.05, 3.63) is 58.6 Å². The van der Waals surface area contributed by atoms with Gasteiger partial charge in [-0.3, -0.25) is 4.98 Å². The Morgan fingerprint density at radius 1 is 1.40 bits per heavy atom. The first-order chi connectivity index (χ1) is 9.67. The van der Waals surface area contributed by atoms with Crippen LogP contribution in [0.15, 0.2) is 36.5 Å². The third-order valence-electron chi connectivity index (χ3n) is 2.98. The van der Waals surface area contributed by atoms with Gasteiger partial charge in [-0.2, -0.15) is 0 Å². The van der Waals surface area contributed by atoms with Crippen molar-refractivity contribution >= 4 is 11.6 Å². The number of pyridine rings is 1. The largest absolute Gasteiger partial charge is 0.495 e. The van der Waals surface area contributed by atoms with Gasteiger partial charge in [0.1, 0.15) is 17.3 Å². The van der Waals surface area contributed by atoms with Gasteiger partial charge in [0.05, 0.1) is 18.2 Å². The zero-order chi connectivity index (χ0) is 14.5. The number of halogens is 2. The van der Waals surface area contributed by atoms with Crippen molar-refractivity contribution in [3.63, 3.8) is 0 Å². The van der Waals surface area contributed by atoms with E-state index in [1.54, 1.807) is 31.5 Å². The van der Waals surface area contributed by atoms with E-state index in [2.05, 4.69) is 10.3 Å². The summed E-state index contributed by atoms with van der Waals surface area (Å²) in [6, 6.07) is 8.14. The van der Waals surface area contributed by atoms with Gasteiger partial charge in [-0.25, -0.2) is 4.39 Å². The molecule has 0 bridgehead atoms. The molecule has 0 amide bonds. The topological polar surface area (TPSA) is 34.2 Å². The highest BCUT2D eigenvalue weighted by Crippen LogP contribution is 2.29. The summed E-state index contributed by atoms with van der Waals surface area (Å²) in [6.07, 6.45) is 1.69. The molecule has 1 heterocycles. The molecule has 0 aliphatic heterocycles. The number of aromatic nitrogens is 1. The second-order valence-electron chi connectivity index (χ2n) is 4.26. The smallest absolute Gasteiger partial charge is 0.142 e. The van der Waals surface area contributed by atoms with Crippen molar-refractivity contribution < 1.29 is 9.13 Å². The first-order valence-corrected chi connectivity index (χ1v) is 6.72. The van der Waals surface area contributed by atoms with E-state index < -0.39 is 5.82 Å². The summed E-state index contributed by atoms with van der Waals surface area (Å²) in [6.45, 7) is 2.70. The Bertz CT molecular complexity index is 592. The summed E-state index contributed by atoms with van der Waals surface area (Å²) in [7, 11) is 1.59. The molecule has 0 spiro atoms. The van der Waals surface area contributed by atoms with Crippen LogP contribution in [0.1, 0.15) is 24.2 Å². The van der Waals surface area contributed by atoms with Crippen molar-refractivity contribution in [2.45, 2.75) is 13.0 Å². The van der Waals surface area contributed by atoms with Crippen LogP contribution in [0.4, 0.5) is 4.39 Å². The third-order valence-corrected chi connectivity index (χ3v) is 3.28. The predicted molar refractivity (Wildman–Crippen MR) is 77.7 cm³/mol. The molecule has 1 unspecified atom stereocenters. The second kappa shape index (κ2) is 6.68. The Labute approximate surface area is 122 Å². The number of benzene rings is 1. The molecule has 1 N–H and O–H groups in total. The van der Waals surface area contributed by atoms with Crippen LogP contribution in [0.3, 0.4) is 0 Å². The van der Waals surface area contributed by atoms with Crippen LogP contribution in [0.5, 0.6) is 5.75 Å². The van der Waals surface area contributed by atoms with E-state index in [9.17, 15) is 4.39 Å². The van der Waals surface area contributed by atoms with Crippen LogP contribution in [-0.2, 0) is 0 Å². The lowest BCUT2D eigenvalue weighted by Gasteiger charge is -2.20. The fourth-order valence-electron chi connectivity index (χ4n) is 2.06. The van der Waals surface area contributed by atoms with Gasteiger partial charge in [0, 0.05) is 6.20 Å². The van der Waals surface area contributed by atoms with Gasteiger partial charge in [0.15, 0.2) is 0 Å². The van der Waals surface area contributed by atoms with E-state index >= 15 is 0 Å². The molecular weight excluding hydrogens is 279 g/mol. The molecule has 0 fully saturated rings. The van der Waals surface area contributed by atoms with Gasteiger partial charge in [-0.15, -0.1) is 0 Å². The molecule has 1 aromatic carbocycles. The molecule has 20 heavy (non-hydrogen) atoms. The number of methoxy groups -OCH3 is 1. The Hall–Kier alpha value is -1.65. The van der Waals surface area contributed by atoms with Gasteiger partial charge in [0.25, 0.3) is 0 Å². The van der Waals surface area contributed by atoms with Crippen LogP contribution in [0.25, 0.3) is 0 Å². The molecule has 0 aliphatic rings. The van der Waals surface area contributed by atoms with Gasteiger partial charge in [-0.1, -0.05) is 24.6 Å². The lowest BCUT2D eigenvalue weighted by molar-refractivity contribution is 0.400. The second-order valence-corrected chi connectivity index (χ2v) is 4.66. The number of ether oxygens (including phenoxy) is 1. The van der Waals surface area contributed by atoms with Crippen molar-refractivity contribution in [1.82, 2.24) is 10.3 Å². The Morgan fingerprint density at radius 3 is 2.85 bits per heavy atom. The quantitative estimate of drug-likeness (QED) is 0.915. The Kier molecular flexibility index (Phi) is 4.93. The molecule has 2 rings (SSSR count). The van der Waals surface area contributed by atoms with Crippen LogP contribution >= 0.6 is 11.6 Å². The molecule has 0 aliphatic carbocycles. The van der Waals surface area contributed by atoms with Gasteiger partial charge < -0.3 is 10.1 Å². The number of hydrogen-bond donors (Lipinski definition) is 1. The highest BCUT2D eigenvalue weighted by atomic mass is 35.5. The maximum atomic E-state index is 13.7. The maximum Gasteiger partial charge on any atom is 0.142 e. The van der Waals surface area contributed by atoms with Crippen molar-refractivity contribution in [2.24, 2.45) is 0 Å². The first kappa shape index (κ1) is 14.8. The summed E-state index contributed by atoms with van der Waals surface area (Å²) in [4.78, 5) is 4.35. The predicted octanol–water partition coefficient (Wildman–Crippen LogP) is 3.58. The first-order valence-electron chi connectivity index (χ1n) is 6.34. The molecule has 0 saturated heterocycles. The number of nitrogens with one attached hydrogen (secondary N) is 1. The van der Waals surface area contributed by atoms with E-state index in [-0.39, 0.29) is 11.1 Å². The van der Waals surface area contributed by atoms with Gasteiger partial charge in [0.2, 0.25) is 0 Å². The highest BCUT2D eigenvalue weighted by Gasteiger charge is 2.19. The minimum absolute atomic E-state index is 0.108. The summed E-state index contributed by atoms with van der Waals surface area (Å²) < 4.78 is 19.0. The summed E-state index contributed by atoms with van der Waals surface area (Å²) in [5.74, 6) is 0.218. The lowest BCUT2D eigenvalue weighted by Crippen LogP contribution is -2.23. The van der Waals surface area contributed by atoms with Gasteiger partial charge >= 0.3 is 0 Å². The molecule has 1 aromatic heterocycles. The van der Waals surface area contributed by atoms with Crippen molar-refractivity contribution in [3.8, 4) is 5.75 Å². The van der Waals surface area contributed by atoms with Gasteiger partial charge in [-0.05, 0) is 36.4 Å². The molecule has 3 nitrogen and oxygen atoms in total. The standard InChI is InChI=1S/C15H16ClFN2O/c1-3-18-14(10-6-7-11(16)12(17)9-10)15-13(20-2)5-4-8-19-15/h4-9,14,18H,3H2,1-2H3. The summed E-state index contributed by atoms with van der Waals surface area (Å²) >= 11 is 5.73. The van der Waals surface area contributed by atoms with Crippen molar-refractivity contribution in [2.75, 3.05) is 13.7 Å². The molecule has 0 radical (unpaired) electrons. The van der Waals surface area contributed by atoms with Crippen LogP contribution < -0.4 is 10.1 Å². The normalized spacial score (nSPS) is 12.2. The monoisotopic (exact) mass is 294 g/mol. The van der Waals surface area contributed by atoms with Crippen molar-refractivity contribution in [1.29, 1.82) is 0 Å². The SMILES string of the molecule is CCNC(c1ccc(Cl)c(F)c1)c1ncccc1OC. The maximum absolute atomic E-state index is 13.7. The van der Waals surface area contributed by atoms with E-state index in [4.69, 9.17) is 16.3 Å². The number of rotatable bonds is 5. The van der Waals surface area contributed by atoms with E-state index in [1.807, 2.05) is 13.0 Å². The third kappa shape index (κ3) is 3.08. The molecule has 5 heteroatoms. The zero-order valence-corrected chi connectivity index (χ0v) is 12.1. The fourth-order valence-corrected chi connectivity index (χ4v) is 2.18. The molecule has 106 valence electrons. The van der Waals surface area contributed by atoms with Crippen LogP contribution in [0, 0.1) is 5.82 Å². The Morgan fingerprint density at radius 2 is 2.20 bits per heavy atom.